The van der Waals surface area contributed by atoms with Gasteiger partial charge in [-0.05, 0) is 44.4 Å². The molecular formula is C21H24N4OS. The summed E-state index contributed by atoms with van der Waals surface area (Å²) in [6.07, 6.45) is 0. The first-order valence-corrected chi connectivity index (χ1v) is 9.87. The van der Waals surface area contributed by atoms with Crippen LogP contribution in [-0.4, -0.2) is 26.4 Å². The molecule has 0 aliphatic heterocycles. The number of anilines is 1. The summed E-state index contributed by atoms with van der Waals surface area (Å²) in [6.45, 7) is 8.72. The topological polar surface area (TPSA) is 59.8 Å². The minimum absolute atomic E-state index is 0.0398. The maximum Gasteiger partial charge on any atom is 0.234 e. The Labute approximate surface area is 164 Å². The lowest BCUT2D eigenvalue weighted by Crippen LogP contribution is -2.16. The van der Waals surface area contributed by atoms with Crippen LogP contribution >= 0.6 is 11.8 Å². The van der Waals surface area contributed by atoms with Crippen molar-refractivity contribution in [1.29, 1.82) is 0 Å². The van der Waals surface area contributed by atoms with Crippen LogP contribution in [0.5, 0.6) is 0 Å². The number of hydrogen-bond acceptors (Lipinski definition) is 4. The van der Waals surface area contributed by atoms with Crippen molar-refractivity contribution in [2.45, 2.75) is 39.4 Å². The summed E-state index contributed by atoms with van der Waals surface area (Å²) in [6, 6.07) is 14.3. The van der Waals surface area contributed by atoms with Gasteiger partial charge in [-0.2, -0.15) is 0 Å². The summed E-state index contributed by atoms with van der Waals surface area (Å²) >= 11 is 1.41. The first-order valence-electron chi connectivity index (χ1n) is 8.88. The van der Waals surface area contributed by atoms with Gasteiger partial charge in [0.15, 0.2) is 5.16 Å². The van der Waals surface area contributed by atoms with Gasteiger partial charge in [-0.25, -0.2) is 0 Å². The maximum atomic E-state index is 12.5. The van der Waals surface area contributed by atoms with Crippen molar-refractivity contribution >= 4 is 23.4 Å². The zero-order valence-electron chi connectivity index (χ0n) is 16.1. The van der Waals surface area contributed by atoms with E-state index < -0.39 is 0 Å². The molecule has 0 fully saturated rings. The third kappa shape index (κ3) is 4.77. The van der Waals surface area contributed by atoms with Crippen molar-refractivity contribution in [3.8, 4) is 0 Å². The molecule has 0 atom stereocenters. The standard InChI is InChI=1S/C21H24N4OS/c1-14-10-15(2)20(16(3)11-14)22-19(26)13-27-21-24-23-17(4)25(21)12-18-8-6-5-7-9-18/h5-11H,12-13H2,1-4H3,(H,22,26). The number of nitrogens with zero attached hydrogens (tertiary/aromatic N) is 3. The summed E-state index contributed by atoms with van der Waals surface area (Å²) in [5.41, 5.74) is 5.43. The van der Waals surface area contributed by atoms with Gasteiger partial charge in [0.25, 0.3) is 0 Å². The molecule has 6 heteroatoms. The van der Waals surface area contributed by atoms with Crippen molar-refractivity contribution in [1.82, 2.24) is 14.8 Å². The minimum atomic E-state index is -0.0398. The third-order valence-corrected chi connectivity index (χ3v) is 5.33. The Kier molecular flexibility index (Phi) is 5.96. The SMILES string of the molecule is Cc1cc(C)c(NC(=O)CSc2nnc(C)n2Cc2ccccc2)c(C)c1. The second kappa shape index (κ2) is 8.39. The molecule has 0 radical (unpaired) electrons. The highest BCUT2D eigenvalue weighted by molar-refractivity contribution is 7.99. The lowest BCUT2D eigenvalue weighted by atomic mass is 10.1. The molecular weight excluding hydrogens is 356 g/mol. The van der Waals surface area contributed by atoms with Crippen LogP contribution in [0.15, 0.2) is 47.6 Å². The van der Waals surface area contributed by atoms with Crippen molar-refractivity contribution in [2.75, 3.05) is 11.1 Å². The highest BCUT2D eigenvalue weighted by Crippen LogP contribution is 2.23. The number of aromatic nitrogens is 3. The lowest BCUT2D eigenvalue weighted by molar-refractivity contribution is -0.113. The lowest BCUT2D eigenvalue weighted by Gasteiger charge is -2.13. The van der Waals surface area contributed by atoms with Gasteiger partial charge in [0.1, 0.15) is 5.82 Å². The third-order valence-electron chi connectivity index (χ3n) is 4.36. The van der Waals surface area contributed by atoms with E-state index in [0.29, 0.717) is 12.3 Å². The monoisotopic (exact) mass is 380 g/mol. The van der Waals surface area contributed by atoms with E-state index >= 15 is 0 Å². The molecule has 0 spiro atoms. The number of rotatable bonds is 6. The van der Waals surface area contributed by atoms with Crippen LogP contribution in [0.25, 0.3) is 0 Å². The summed E-state index contributed by atoms with van der Waals surface area (Å²) in [4.78, 5) is 12.5. The van der Waals surface area contributed by atoms with Crippen LogP contribution in [0.3, 0.4) is 0 Å². The molecule has 1 amide bonds. The van der Waals surface area contributed by atoms with E-state index in [-0.39, 0.29) is 5.91 Å². The van der Waals surface area contributed by atoms with Crippen molar-refractivity contribution in [2.24, 2.45) is 0 Å². The van der Waals surface area contributed by atoms with E-state index in [1.165, 1.54) is 22.9 Å². The Morgan fingerprint density at radius 3 is 2.37 bits per heavy atom. The predicted octanol–water partition coefficient (Wildman–Crippen LogP) is 4.29. The molecule has 0 saturated heterocycles. The highest BCUT2D eigenvalue weighted by Gasteiger charge is 2.13. The van der Waals surface area contributed by atoms with Crippen LogP contribution in [0.2, 0.25) is 0 Å². The zero-order valence-corrected chi connectivity index (χ0v) is 16.9. The highest BCUT2D eigenvalue weighted by atomic mass is 32.2. The van der Waals surface area contributed by atoms with Gasteiger partial charge >= 0.3 is 0 Å². The molecule has 3 rings (SSSR count). The average molecular weight is 381 g/mol. The van der Waals surface area contributed by atoms with Crippen LogP contribution in [-0.2, 0) is 11.3 Å². The molecule has 0 bridgehead atoms. The molecule has 1 heterocycles. The minimum Gasteiger partial charge on any atom is -0.325 e. The fourth-order valence-electron chi connectivity index (χ4n) is 3.10. The maximum absolute atomic E-state index is 12.5. The van der Waals surface area contributed by atoms with E-state index in [1.54, 1.807) is 0 Å². The van der Waals surface area contributed by atoms with Crippen molar-refractivity contribution in [3.05, 3.63) is 70.5 Å². The second-order valence-electron chi connectivity index (χ2n) is 6.71. The first-order chi connectivity index (χ1) is 12.9. The van der Waals surface area contributed by atoms with Crippen LogP contribution in [0, 0.1) is 27.7 Å². The van der Waals surface area contributed by atoms with Gasteiger partial charge in [-0.15, -0.1) is 10.2 Å². The quantitative estimate of drug-likeness (QED) is 0.648. The smallest absolute Gasteiger partial charge is 0.234 e. The Morgan fingerprint density at radius 2 is 1.70 bits per heavy atom. The number of amides is 1. The van der Waals surface area contributed by atoms with Gasteiger partial charge in [-0.3, -0.25) is 4.79 Å². The molecule has 1 aromatic heterocycles. The number of carbonyl (C=O) groups excluding carboxylic acids is 1. The number of benzene rings is 2. The first kappa shape index (κ1) is 19.2. The predicted molar refractivity (Wildman–Crippen MR) is 110 cm³/mol. The fraction of sp³-hybridized carbons (Fsp3) is 0.286. The molecule has 0 aliphatic carbocycles. The molecule has 0 saturated carbocycles. The van der Waals surface area contributed by atoms with E-state index in [2.05, 4.69) is 46.7 Å². The van der Waals surface area contributed by atoms with Crippen molar-refractivity contribution < 1.29 is 4.79 Å². The number of carbonyl (C=O) groups is 1. The number of hydrogen-bond donors (Lipinski definition) is 1. The van der Waals surface area contributed by atoms with Gasteiger partial charge in [0, 0.05) is 5.69 Å². The molecule has 140 valence electrons. The largest absolute Gasteiger partial charge is 0.325 e. The van der Waals surface area contributed by atoms with Gasteiger partial charge in [0.05, 0.1) is 12.3 Å². The zero-order chi connectivity index (χ0) is 19.4. The van der Waals surface area contributed by atoms with Crippen molar-refractivity contribution in [3.63, 3.8) is 0 Å². The molecule has 27 heavy (non-hydrogen) atoms. The number of aryl methyl sites for hydroxylation is 4. The number of thioether (sulfide) groups is 1. The van der Waals surface area contributed by atoms with Crippen LogP contribution < -0.4 is 5.32 Å². The Morgan fingerprint density at radius 1 is 1.04 bits per heavy atom. The molecule has 5 nitrogen and oxygen atoms in total. The summed E-state index contributed by atoms with van der Waals surface area (Å²) < 4.78 is 2.04. The Bertz CT molecular complexity index is 927. The second-order valence-corrected chi connectivity index (χ2v) is 7.65. The molecule has 0 aliphatic rings. The van der Waals surface area contributed by atoms with E-state index in [9.17, 15) is 4.79 Å². The Hall–Kier alpha value is -2.60. The van der Waals surface area contributed by atoms with Gasteiger partial charge in [-0.1, -0.05) is 59.8 Å². The van der Waals surface area contributed by atoms with Crippen LogP contribution in [0.4, 0.5) is 5.69 Å². The fourth-order valence-corrected chi connectivity index (χ4v) is 3.88. The van der Waals surface area contributed by atoms with Gasteiger partial charge in [0.2, 0.25) is 5.91 Å². The average Bonchev–Trinajstić information content (AvgIpc) is 2.97. The molecule has 1 N–H and O–H groups in total. The van der Waals surface area contributed by atoms with E-state index in [4.69, 9.17) is 0 Å². The normalized spacial score (nSPS) is 10.8. The molecule has 3 aromatic rings. The van der Waals surface area contributed by atoms with Crippen LogP contribution in [0.1, 0.15) is 28.1 Å². The van der Waals surface area contributed by atoms with E-state index in [1.807, 2.05) is 43.5 Å². The van der Waals surface area contributed by atoms with E-state index in [0.717, 1.165) is 27.8 Å². The molecule has 0 unspecified atom stereocenters. The molecule has 2 aromatic carbocycles. The summed E-state index contributed by atoms with van der Waals surface area (Å²) in [5, 5.41) is 12.2. The number of nitrogens with one attached hydrogen (secondary N) is 1. The van der Waals surface area contributed by atoms with Gasteiger partial charge < -0.3 is 9.88 Å². The Balaban J connectivity index is 1.66. The summed E-state index contributed by atoms with van der Waals surface area (Å²) in [7, 11) is 0. The summed E-state index contributed by atoms with van der Waals surface area (Å²) in [5.74, 6) is 1.09.